The van der Waals surface area contributed by atoms with E-state index >= 15 is 0 Å². The van der Waals surface area contributed by atoms with Gasteiger partial charge in [0.1, 0.15) is 5.82 Å². The molecule has 3 rings (SSSR count). The van der Waals surface area contributed by atoms with Crippen molar-refractivity contribution >= 4 is 5.91 Å². The Morgan fingerprint density at radius 3 is 2.40 bits per heavy atom. The first kappa shape index (κ1) is 18.3. The van der Waals surface area contributed by atoms with Gasteiger partial charge in [-0.1, -0.05) is 18.6 Å². The highest BCUT2D eigenvalue weighted by atomic mass is 19.1. The third-order valence-corrected chi connectivity index (χ3v) is 5.62. The number of aliphatic hydroxyl groups excluding tert-OH is 1. The van der Waals surface area contributed by atoms with Crippen molar-refractivity contribution in [2.75, 3.05) is 19.6 Å². The smallest absolute Gasteiger partial charge is 0.223 e. The van der Waals surface area contributed by atoms with Crippen LogP contribution < -0.4 is 5.32 Å². The van der Waals surface area contributed by atoms with Gasteiger partial charge in [0.15, 0.2) is 0 Å². The molecule has 0 unspecified atom stereocenters. The van der Waals surface area contributed by atoms with Gasteiger partial charge in [-0.2, -0.15) is 0 Å². The number of likely N-dealkylation sites (tertiary alicyclic amines) is 1. The minimum absolute atomic E-state index is 0.0126. The van der Waals surface area contributed by atoms with Crippen LogP contribution in [0.15, 0.2) is 24.3 Å². The number of hydrogen-bond acceptors (Lipinski definition) is 3. The van der Waals surface area contributed by atoms with Crippen molar-refractivity contribution in [1.29, 1.82) is 0 Å². The maximum atomic E-state index is 13.3. The SMILES string of the molecule is O=C(NC[C@@H](c1ccc(F)cc1)N1CCCCC1)C1CCC(O)CC1. The maximum Gasteiger partial charge on any atom is 0.223 e. The fraction of sp³-hybridized carbons (Fsp3) is 0.650. The summed E-state index contributed by atoms with van der Waals surface area (Å²) in [4.78, 5) is 14.9. The molecule has 1 aliphatic heterocycles. The molecule has 138 valence electrons. The zero-order valence-electron chi connectivity index (χ0n) is 14.8. The summed E-state index contributed by atoms with van der Waals surface area (Å²) in [6, 6.07) is 6.75. The van der Waals surface area contributed by atoms with E-state index in [-0.39, 0.29) is 29.8 Å². The Labute approximate surface area is 149 Å². The molecule has 1 aromatic rings. The highest BCUT2D eigenvalue weighted by Gasteiger charge is 2.27. The Morgan fingerprint density at radius 1 is 1.12 bits per heavy atom. The van der Waals surface area contributed by atoms with Gasteiger partial charge in [0.2, 0.25) is 5.91 Å². The molecule has 0 spiro atoms. The number of halogens is 1. The molecule has 5 heteroatoms. The Hall–Kier alpha value is -1.46. The number of amides is 1. The molecule has 1 amide bonds. The van der Waals surface area contributed by atoms with Crippen LogP contribution in [0, 0.1) is 11.7 Å². The Balaban J connectivity index is 1.62. The summed E-state index contributed by atoms with van der Waals surface area (Å²) in [5.41, 5.74) is 1.06. The molecule has 1 aliphatic carbocycles. The van der Waals surface area contributed by atoms with Crippen LogP contribution in [0.5, 0.6) is 0 Å². The molecular weight excluding hydrogens is 319 g/mol. The zero-order valence-corrected chi connectivity index (χ0v) is 14.8. The molecule has 0 bridgehead atoms. The molecule has 0 radical (unpaired) electrons. The molecule has 0 aromatic heterocycles. The van der Waals surface area contributed by atoms with Crippen molar-refractivity contribution < 1.29 is 14.3 Å². The monoisotopic (exact) mass is 348 g/mol. The van der Waals surface area contributed by atoms with Crippen molar-refractivity contribution in [2.45, 2.75) is 57.1 Å². The second-order valence-corrected chi connectivity index (χ2v) is 7.41. The van der Waals surface area contributed by atoms with Gasteiger partial charge in [0, 0.05) is 12.5 Å². The lowest BCUT2D eigenvalue weighted by Gasteiger charge is -2.35. The van der Waals surface area contributed by atoms with Crippen LogP contribution in [0.2, 0.25) is 0 Å². The molecule has 1 atom stereocenters. The number of carbonyl (C=O) groups is 1. The standard InChI is InChI=1S/C20H29FN2O2/c21-17-8-4-15(5-9-17)19(23-12-2-1-3-13-23)14-22-20(25)16-6-10-18(24)11-7-16/h4-5,8-9,16,18-19,24H,1-3,6-7,10-14H2,(H,22,25)/t16?,18?,19-/m0/s1. The first-order chi connectivity index (χ1) is 12.1. The van der Waals surface area contributed by atoms with E-state index in [0.29, 0.717) is 19.4 Å². The number of nitrogens with zero attached hydrogens (tertiary/aromatic N) is 1. The Kier molecular flexibility index (Phi) is 6.43. The zero-order chi connectivity index (χ0) is 17.6. The molecule has 1 saturated heterocycles. The molecule has 2 aliphatic rings. The van der Waals surface area contributed by atoms with E-state index in [4.69, 9.17) is 0 Å². The van der Waals surface area contributed by atoms with Crippen LogP contribution in [0.1, 0.15) is 56.6 Å². The van der Waals surface area contributed by atoms with Gasteiger partial charge in [-0.25, -0.2) is 4.39 Å². The first-order valence-electron chi connectivity index (χ1n) is 9.59. The van der Waals surface area contributed by atoms with Crippen LogP contribution in [0.3, 0.4) is 0 Å². The predicted octanol–water partition coefficient (Wildman–Crippen LogP) is 3.02. The fourth-order valence-electron chi connectivity index (χ4n) is 4.05. The topological polar surface area (TPSA) is 52.6 Å². The van der Waals surface area contributed by atoms with Crippen molar-refractivity contribution in [3.63, 3.8) is 0 Å². The molecule has 4 nitrogen and oxygen atoms in total. The van der Waals surface area contributed by atoms with Gasteiger partial charge in [-0.05, 0) is 69.3 Å². The first-order valence-corrected chi connectivity index (χ1v) is 9.59. The summed E-state index contributed by atoms with van der Waals surface area (Å²) in [5, 5.41) is 12.7. The molecule has 1 heterocycles. The van der Waals surface area contributed by atoms with Gasteiger partial charge in [-0.3, -0.25) is 9.69 Å². The largest absolute Gasteiger partial charge is 0.393 e. The van der Waals surface area contributed by atoms with Gasteiger partial charge < -0.3 is 10.4 Å². The minimum Gasteiger partial charge on any atom is -0.393 e. The maximum absolute atomic E-state index is 13.3. The minimum atomic E-state index is -0.246. The normalized spacial score (nSPS) is 26.2. The molecule has 25 heavy (non-hydrogen) atoms. The lowest BCUT2D eigenvalue weighted by atomic mass is 9.87. The highest BCUT2D eigenvalue weighted by Crippen LogP contribution is 2.26. The van der Waals surface area contributed by atoms with Crippen LogP contribution in [0.4, 0.5) is 4.39 Å². The van der Waals surface area contributed by atoms with Crippen LogP contribution in [0.25, 0.3) is 0 Å². The number of benzene rings is 1. The van der Waals surface area contributed by atoms with Gasteiger partial charge in [0.25, 0.3) is 0 Å². The van der Waals surface area contributed by atoms with Crippen molar-refractivity contribution in [3.8, 4) is 0 Å². The van der Waals surface area contributed by atoms with Crippen LogP contribution >= 0.6 is 0 Å². The van der Waals surface area contributed by atoms with Crippen LogP contribution in [-0.2, 0) is 4.79 Å². The van der Waals surface area contributed by atoms with E-state index in [1.54, 1.807) is 0 Å². The summed E-state index contributed by atoms with van der Waals surface area (Å²) < 4.78 is 13.3. The quantitative estimate of drug-likeness (QED) is 0.860. The van der Waals surface area contributed by atoms with Gasteiger partial charge in [-0.15, -0.1) is 0 Å². The summed E-state index contributed by atoms with van der Waals surface area (Å²) in [6.45, 7) is 2.60. The second-order valence-electron chi connectivity index (χ2n) is 7.41. The third-order valence-electron chi connectivity index (χ3n) is 5.62. The van der Waals surface area contributed by atoms with E-state index in [1.807, 2.05) is 12.1 Å². The lowest BCUT2D eigenvalue weighted by molar-refractivity contribution is -0.126. The van der Waals surface area contributed by atoms with E-state index in [9.17, 15) is 14.3 Å². The van der Waals surface area contributed by atoms with E-state index in [1.165, 1.54) is 31.4 Å². The number of aliphatic hydroxyl groups is 1. The molecular formula is C20H29FN2O2. The summed E-state index contributed by atoms with van der Waals surface area (Å²) in [5.74, 6) is -0.124. The molecule has 2 N–H and O–H groups in total. The van der Waals surface area contributed by atoms with E-state index in [0.717, 1.165) is 31.5 Å². The molecule has 1 saturated carbocycles. The fourth-order valence-corrected chi connectivity index (χ4v) is 4.05. The third kappa shape index (κ3) is 5.02. The summed E-state index contributed by atoms with van der Waals surface area (Å²) in [6.07, 6.45) is 6.30. The summed E-state index contributed by atoms with van der Waals surface area (Å²) in [7, 11) is 0. The summed E-state index contributed by atoms with van der Waals surface area (Å²) >= 11 is 0. The van der Waals surface area contributed by atoms with Crippen LogP contribution in [-0.4, -0.2) is 41.7 Å². The van der Waals surface area contributed by atoms with Crippen molar-refractivity contribution in [3.05, 3.63) is 35.6 Å². The number of hydrogen-bond donors (Lipinski definition) is 2. The highest BCUT2D eigenvalue weighted by molar-refractivity contribution is 5.78. The van der Waals surface area contributed by atoms with E-state index in [2.05, 4.69) is 10.2 Å². The number of piperidine rings is 1. The lowest BCUT2D eigenvalue weighted by Crippen LogP contribution is -2.42. The number of rotatable bonds is 5. The second kappa shape index (κ2) is 8.77. The number of nitrogens with one attached hydrogen (secondary N) is 1. The van der Waals surface area contributed by atoms with E-state index < -0.39 is 0 Å². The van der Waals surface area contributed by atoms with Gasteiger partial charge in [0.05, 0.1) is 12.1 Å². The average Bonchev–Trinajstić information content (AvgIpc) is 2.64. The molecule has 1 aromatic carbocycles. The van der Waals surface area contributed by atoms with Gasteiger partial charge >= 0.3 is 0 Å². The van der Waals surface area contributed by atoms with Crippen molar-refractivity contribution in [2.24, 2.45) is 5.92 Å². The van der Waals surface area contributed by atoms with Crippen molar-refractivity contribution in [1.82, 2.24) is 10.2 Å². The number of carbonyl (C=O) groups excluding carboxylic acids is 1. The average molecular weight is 348 g/mol. The molecule has 2 fully saturated rings. The Bertz CT molecular complexity index is 549. The Morgan fingerprint density at radius 2 is 1.76 bits per heavy atom. The predicted molar refractivity (Wildman–Crippen MR) is 95.5 cm³/mol.